The second kappa shape index (κ2) is 5.54. The van der Waals surface area contributed by atoms with Crippen LogP contribution in [0.1, 0.15) is 30.5 Å². The van der Waals surface area contributed by atoms with E-state index in [0.29, 0.717) is 6.04 Å². The maximum atomic E-state index is 6.17. The second-order valence-corrected chi connectivity index (χ2v) is 6.86. The van der Waals surface area contributed by atoms with Gasteiger partial charge in [-0.1, -0.05) is 0 Å². The summed E-state index contributed by atoms with van der Waals surface area (Å²) in [6, 6.07) is 2.43. The molecule has 0 unspecified atom stereocenters. The summed E-state index contributed by atoms with van der Waals surface area (Å²) < 4.78 is 3.12. The van der Waals surface area contributed by atoms with Gasteiger partial charge in [-0.15, -0.1) is 11.3 Å². The van der Waals surface area contributed by atoms with Gasteiger partial charge in [-0.25, -0.2) is 4.68 Å². The Morgan fingerprint density at radius 1 is 1.53 bits per heavy atom. The first kappa shape index (κ1) is 14.4. The monoisotopic (exact) mass is 342 g/mol. The number of nitrogens with two attached hydrogens (primary N) is 1. The van der Waals surface area contributed by atoms with Gasteiger partial charge < -0.3 is 10.6 Å². The van der Waals surface area contributed by atoms with Crippen LogP contribution in [0, 0.1) is 6.92 Å². The number of nitrogens with zero attached hydrogens (tertiary/aromatic N) is 3. The summed E-state index contributed by atoms with van der Waals surface area (Å²) in [5.74, 6) is 0.997. The molecule has 2 rings (SSSR count). The molecule has 2 N–H and O–H groups in total. The van der Waals surface area contributed by atoms with Gasteiger partial charge in [-0.05, 0) is 42.8 Å². The van der Waals surface area contributed by atoms with Gasteiger partial charge in [0.25, 0.3) is 0 Å². The molecule has 2 aromatic heterocycles. The molecule has 0 aliphatic rings. The Labute approximate surface area is 126 Å². The highest BCUT2D eigenvalue weighted by molar-refractivity contribution is 9.10. The van der Waals surface area contributed by atoms with Crippen LogP contribution in [-0.4, -0.2) is 16.8 Å². The topological polar surface area (TPSA) is 47.1 Å². The quantitative estimate of drug-likeness (QED) is 0.918. The molecule has 0 aliphatic heterocycles. The summed E-state index contributed by atoms with van der Waals surface area (Å²) in [6.45, 7) is 7.02. The predicted molar refractivity (Wildman–Crippen MR) is 85.9 cm³/mol. The molecule has 0 spiro atoms. The molecule has 104 valence electrons. The van der Waals surface area contributed by atoms with Gasteiger partial charge >= 0.3 is 0 Å². The first-order chi connectivity index (χ1) is 8.90. The molecule has 2 aromatic rings. The first-order valence-electron chi connectivity index (χ1n) is 6.18. The Kier molecular flexibility index (Phi) is 4.20. The summed E-state index contributed by atoms with van der Waals surface area (Å²) in [6.07, 6.45) is 0. The number of hydrogen-bond donors (Lipinski definition) is 1. The lowest BCUT2D eigenvalue weighted by Gasteiger charge is -2.22. The van der Waals surface area contributed by atoms with Crippen LogP contribution in [-0.2, 0) is 6.54 Å². The third kappa shape index (κ3) is 2.95. The minimum atomic E-state index is 0.295. The summed E-state index contributed by atoms with van der Waals surface area (Å²) in [5, 5.41) is 6.62. The lowest BCUT2D eigenvalue weighted by Crippen LogP contribution is -2.21. The van der Waals surface area contributed by atoms with Crippen LogP contribution in [0.15, 0.2) is 15.9 Å². The van der Waals surface area contributed by atoms with Crippen molar-refractivity contribution in [2.75, 3.05) is 17.7 Å². The van der Waals surface area contributed by atoms with Crippen LogP contribution in [0.25, 0.3) is 0 Å². The zero-order valence-corrected chi connectivity index (χ0v) is 14.0. The molecule has 2 heterocycles. The van der Waals surface area contributed by atoms with Crippen LogP contribution in [0.5, 0.6) is 0 Å². The van der Waals surface area contributed by atoms with Crippen molar-refractivity contribution in [3.8, 4) is 0 Å². The average molecular weight is 343 g/mol. The Bertz CT molecular complexity index is 573. The molecule has 0 saturated carbocycles. The standard InChI is InChI=1S/C13H19BrN4S/c1-8(2)18-13(12(15)9(3)16-18)17(4)6-11-5-10(14)7-19-11/h5,7-8H,6,15H2,1-4H3. The molecule has 0 atom stereocenters. The minimum absolute atomic E-state index is 0.295. The van der Waals surface area contributed by atoms with Gasteiger partial charge in [0, 0.05) is 27.8 Å². The number of thiophene rings is 1. The third-order valence-electron chi connectivity index (χ3n) is 2.97. The molecule has 0 bridgehead atoms. The van der Waals surface area contributed by atoms with Crippen molar-refractivity contribution in [2.24, 2.45) is 0 Å². The van der Waals surface area contributed by atoms with Crippen molar-refractivity contribution in [2.45, 2.75) is 33.4 Å². The molecule has 0 aromatic carbocycles. The van der Waals surface area contributed by atoms with E-state index in [1.54, 1.807) is 11.3 Å². The Morgan fingerprint density at radius 3 is 2.74 bits per heavy atom. The number of aryl methyl sites for hydroxylation is 1. The molecular weight excluding hydrogens is 324 g/mol. The molecule has 4 nitrogen and oxygen atoms in total. The van der Waals surface area contributed by atoms with Crippen molar-refractivity contribution in [1.82, 2.24) is 9.78 Å². The van der Waals surface area contributed by atoms with E-state index < -0.39 is 0 Å². The number of halogens is 1. The summed E-state index contributed by atoms with van der Waals surface area (Å²) in [4.78, 5) is 3.45. The largest absolute Gasteiger partial charge is 0.394 e. The van der Waals surface area contributed by atoms with E-state index in [1.165, 1.54) is 4.88 Å². The van der Waals surface area contributed by atoms with E-state index in [9.17, 15) is 0 Å². The fourth-order valence-electron chi connectivity index (χ4n) is 2.03. The third-order valence-corrected chi connectivity index (χ3v) is 4.65. The van der Waals surface area contributed by atoms with Crippen molar-refractivity contribution >= 4 is 38.8 Å². The van der Waals surface area contributed by atoms with Crippen LogP contribution < -0.4 is 10.6 Å². The highest BCUT2D eigenvalue weighted by atomic mass is 79.9. The summed E-state index contributed by atoms with van der Waals surface area (Å²) in [7, 11) is 2.05. The smallest absolute Gasteiger partial charge is 0.150 e. The Hall–Kier alpha value is -1.01. The van der Waals surface area contributed by atoms with Gasteiger partial charge in [0.2, 0.25) is 0 Å². The number of anilines is 2. The van der Waals surface area contributed by atoms with Gasteiger partial charge in [0.05, 0.1) is 17.9 Å². The molecule has 0 saturated heterocycles. The fourth-order valence-corrected chi connectivity index (χ4v) is 3.54. The SMILES string of the molecule is Cc1nn(C(C)C)c(N(C)Cc2cc(Br)cs2)c1N. The van der Waals surface area contributed by atoms with Crippen LogP contribution >= 0.6 is 27.3 Å². The number of nitrogen functional groups attached to an aromatic ring is 1. The van der Waals surface area contributed by atoms with Crippen molar-refractivity contribution < 1.29 is 0 Å². The van der Waals surface area contributed by atoms with Crippen LogP contribution in [0.4, 0.5) is 11.5 Å². The maximum Gasteiger partial charge on any atom is 0.150 e. The van der Waals surface area contributed by atoms with Gasteiger partial charge in [0.15, 0.2) is 5.82 Å². The van der Waals surface area contributed by atoms with E-state index in [1.807, 2.05) is 11.6 Å². The van der Waals surface area contributed by atoms with Crippen LogP contribution in [0.2, 0.25) is 0 Å². The molecule has 0 fully saturated rings. The van der Waals surface area contributed by atoms with Crippen LogP contribution in [0.3, 0.4) is 0 Å². The van der Waals surface area contributed by atoms with E-state index >= 15 is 0 Å². The summed E-state index contributed by atoms with van der Waals surface area (Å²) in [5.41, 5.74) is 7.83. The van der Waals surface area contributed by atoms with Crippen molar-refractivity contribution in [3.63, 3.8) is 0 Å². The Morgan fingerprint density at radius 2 is 2.21 bits per heavy atom. The summed E-state index contributed by atoms with van der Waals surface area (Å²) >= 11 is 5.22. The minimum Gasteiger partial charge on any atom is -0.394 e. The first-order valence-corrected chi connectivity index (χ1v) is 7.86. The molecule has 0 radical (unpaired) electrons. The zero-order valence-electron chi connectivity index (χ0n) is 11.6. The lowest BCUT2D eigenvalue weighted by molar-refractivity contribution is 0.526. The number of rotatable bonds is 4. The van der Waals surface area contributed by atoms with E-state index in [2.05, 4.69) is 58.3 Å². The van der Waals surface area contributed by atoms with Gasteiger partial charge in [-0.2, -0.15) is 5.10 Å². The normalized spacial score (nSPS) is 11.3. The average Bonchev–Trinajstić information content (AvgIpc) is 2.84. The lowest BCUT2D eigenvalue weighted by atomic mass is 10.3. The van der Waals surface area contributed by atoms with Gasteiger partial charge in [-0.3, -0.25) is 0 Å². The van der Waals surface area contributed by atoms with E-state index in [4.69, 9.17) is 5.73 Å². The second-order valence-electron chi connectivity index (χ2n) is 4.95. The molecule has 0 aliphatic carbocycles. The highest BCUT2D eigenvalue weighted by Gasteiger charge is 2.18. The zero-order chi connectivity index (χ0) is 14.2. The number of aromatic nitrogens is 2. The van der Waals surface area contributed by atoms with Crippen molar-refractivity contribution in [1.29, 1.82) is 0 Å². The molecular formula is C13H19BrN4S. The van der Waals surface area contributed by atoms with E-state index in [-0.39, 0.29) is 0 Å². The molecule has 19 heavy (non-hydrogen) atoms. The maximum absolute atomic E-state index is 6.17. The van der Waals surface area contributed by atoms with Crippen molar-refractivity contribution in [3.05, 3.63) is 26.5 Å². The fraction of sp³-hybridized carbons (Fsp3) is 0.462. The predicted octanol–water partition coefficient (Wildman–Crippen LogP) is 3.82. The van der Waals surface area contributed by atoms with E-state index in [0.717, 1.165) is 28.2 Å². The molecule has 6 heteroatoms. The Balaban J connectivity index is 2.30. The highest BCUT2D eigenvalue weighted by Crippen LogP contribution is 2.30. The number of hydrogen-bond acceptors (Lipinski definition) is 4. The molecule has 0 amide bonds. The van der Waals surface area contributed by atoms with Gasteiger partial charge in [0.1, 0.15) is 0 Å².